The quantitative estimate of drug-likeness (QED) is 0.154. The lowest BCUT2D eigenvalue weighted by molar-refractivity contribution is 0.587. The minimum absolute atomic E-state index is 0.0375. The van der Waals surface area contributed by atoms with Crippen LogP contribution in [0, 0.1) is 13.8 Å². The SMILES string of the molecule is Cc1ccc(N(c2ccc(-c3ccccc3)cc2)c2cc3c4c(c2)N(c2ccccc2C(C)(C)C)c2c(cccc2C(C)(C)C)B4c2cccc(C(C)(C)C)c2N3c2ccccc2C(C)(C)C)c(C)c1. The molecule has 8 aromatic rings. The highest BCUT2D eigenvalue weighted by Gasteiger charge is 2.47. The fourth-order valence-electron chi connectivity index (χ4n) is 11.4. The van der Waals surface area contributed by atoms with E-state index in [-0.39, 0.29) is 28.4 Å². The van der Waals surface area contributed by atoms with Gasteiger partial charge in [-0.3, -0.25) is 0 Å². The summed E-state index contributed by atoms with van der Waals surface area (Å²) >= 11 is 0. The molecule has 0 saturated carbocycles. The number of nitrogens with zero attached hydrogens (tertiary/aromatic N) is 3. The number of benzene rings is 8. The molecule has 0 N–H and O–H groups in total. The van der Waals surface area contributed by atoms with E-state index in [0.717, 1.165) is 17.1 Å². The molecule has 0 unspecified atom stereocenters. The van der Waals surface area contributed by atoms with E-state index in [1.807, 2.05) is 0 Å². The van der Waals surface area contributed by atoms with Gasteiger partial charge in [-0.2, -0.15) is 0 Å². The van der Waals surface area contributed by atoms with E-state index in [1.165, 1.54) is 95.0 Å². The van der Waals surface area contributed by atoms with Gasteiger partial charge in [-0.15, -0.1) is 0 Å². The van der Waals surface area contributed by atoms with Crippen LogP contribution in [0.15, 0.2) is 170 Å². The van der Waals surface area contributed by atoms with Gasteiger partial charge in [-0.25, -0.2) is 0 Å². The highest BCUT2D eigenvalue weighted by Crippen LogP contribution is 2.53. The topological polar surface area (TPSA) is 9.72 Å². The molecule has 0 aliphatic carbocycles. The van der Waals surface area contributed by atoms with Crippen molar-refractivity contribution in [2.24, 2.45) is 0 Å². The Labute approximate surface area is 419 Å². The summed E-state index contributed by atoms with van der Waals surface area (Å²) in [4.78, 5) is 7.88. The number of para-hydroxylation sites is 4. The van der Waals surface area contributed by atoms with Crippen molar-refractivity contribution in [3.8, 4) is 11.1 Å². The van der Waals surface area contributed by atoms with Crippen molar-refractivity contribution in [2.45, 2.75) is 119 Å². The van der Waals surface area contributed by atoms with Crippen LogP contribution in [0.5, 0.6) is 0 Å². The molecule has 0 bridgehead atoms. The zero-order valence-electron chi connectivity index (χ0n) is 44.1. The van der Waals surface area contributed by atoms with Gasteiger partial charge in [-0.05, 0) is 133 Å². The number of hydrogen-bond acceptors (Lipinski definition) is 3. The van der Waals surface area contributed by atoms with E-state index in [2.05, 4.69) is 281 Å². The van der Waals surface area contributed by atoms with Crippen LogP contribution in [0.4, 0.5) is 51.2 Å². The van der Waals surface area contributed by atoms with Gasteiger partial charge < -0.3 is 14.7 Å². The highest BCUT2D eigenvalue weighted by atomic mass is 15.2. The van der Waals surface area contributed by atoms with Crippen molar-refractivity contribution in [3.63, 3.8) is 0 Å². The second-order valence-corrected chi connectivity index (χ2v) is 24.1. The van der Waals surface area contributed by atoms with Crippen molar-refractivity contribution < 1.29 is 0 Å². The van der Waals surface area contributed by atoms with Crippen LogP contribution in [-0.4, -0.2) is 6.71 Å². The van der Waals surface area contributed by atoms with E-state index in [1.54, 1.807) is 0 Å². The third-order valence-corrected chi connectivity index (χ3v) is 14.7. The zero-order chi connectivity index (χ0) is 49.7. The second-order valence-electron chi connectivity index (χ2n) is 24.1. The van der Waals surface area contributed by atoms with Crippen LogP contribution in [0.3, 0.4) is 0 Å². The summed E-state index contributed by atoms with van der Waals surface area (Å²) in [5.41, 5.74) is 24.4. The summed E-state index contributed by atoms with van der Waals surface area (Å²) in [6, 6.07) is 64.5. The first-order valence-corrected chi connectivity index (χ1v) is 25.4. The van der Waals surface area contributed by atoms with Gasteiger partial charge in [0.05, 0.1) is 5.69 Å². The van der Waals surface area contributed by atoms with Crippen molar-refractivity contribution in [3.05, 3.63) is 203 Å². The predicted octanol–water partition coefficient (Wildman–Crippen LogP) is 16.7. The maximum atomic E-state index is 2.68. The summed E-state index contributed by atoms with van der Waals surface area (Å²) in [7, 11) is 0. The fraction of sp³-hybridized carbons (Fsp3) is 0.273. The monoisotopic (exact) mass is 916 g/mol. The molecule has 0 aromatic heterocycles. The molecular formula is C66H70BN3. The molecule has 2 aliphatic heterocycles. The maximum absolute atomic E-state index is 2.68. The minimum Gasteiger partial charge on any atom is -0.311 e. The third-order valence-electron chi connectivity index (χ3n) is 14.7. The molecule has 0 atom stereocenters. The Morgan fingerprint density at radius 1 is 0.371 bits per heavy atom. The molecule has 0 radical (unpaired) electrons. The van der Waals surface area contributed by atoms with Crippen molar-refractivity contribution in [1.82, 2.24) is 0 Å². The molecule has 8 aromatic carbocycles. The first-order valence-electron chi connectivity index (χ1n) is 25.4. The summed E-state index contributed by atoms with van der Waals surface area (Å²) in [5.74, 6) is 0. The molecule has 10 rings (SSSR count). The van der Waals surface area contributed by atoms with Crippen LogP contribution in [0.1, 0.15) is 116 Å². The molecule has 0 saturated heterocycles. The van der Waals surface area contributed by atoms with Gasteiger partial charge in [0.25, 0.3) is 6.71 Å². The van der Waals surface area contributed by atoms with E-state index in [0.29, 0.717) is 0 Å². The normalized spacial score (nSPS) is 13.5. The van der Waals surface area contributed by atoms with Crippen LogP contribution >= 0.6 is 0 Å². The maximum Gasteiger partial charge on any atom is 0.252 e. The fourth-order valence-corrected chi connectivity index (χ4v) is 11.4. The Morgan fingerprint density at radius 3 is 1.26 bits per heavy atom. The van der Waals surface area contributed by atoms with Crippen LogP contribution in [-0.2, 0) is 21.7 Å². The van der Waals surface area contributed by atoms with Gasteiger partial charge in [0, 0.05) is 45.5 Å². The van der Waals surface area contributed by atoms with E-state index >= 15 is 0 Å². The molecular weight excluding hydrogens is 846 g/mol. The molecule has 70 heavy (non-hydrogen) atoms. The largest absolute Gasteiger partial charge is 0.311 e. The number of aryl methyl sites for hydroxylation is 2. The average molecular weight is 916 g/mol. The summed E-state index contributed by atoms with van der Waals surface area (Å²) < 4.78 is 0. The average Bonchev–Trinajstić information content (AvgIpc) is 3.31. The molecule has 2 aliphatic rings. The Bertz CT molecular complexity index is 3130. The molecule has 3 nitrogen and oxygen atoms in total. The third kappa shape index (κ3) is 8.04. The summed E-state index contributed by atoms with van der Waals surface area (Å²) in [5, 5.41) is 0. The zero-order valence-corrected chi connectivity index (χ0v) is 44.1. The van der Waals surface area contributed by atoms with Crippen LogP contribution < -0.4 is 31.1 Å². The predicted molar refractivity (Wildman–Crippen MR) is 305 cm³/mol. The van der Waals surface area contributed by atoms with E-state index in [9.17, 15) is 0 Å². The summed E-state index contributed by atoms with van der Waals surface area (Å²) in [6.07, 6.45) is 0. The Balaban J connectivity index is 1.41. The molecule has 2 heterocycles. The first kappa shape index (κ1) is 46.9. The van der Waals surface area contributed by atoms with Crippen LogP contribution in [0.2, 0.25) is 0 Å². The van der Waals surface area contributed by atoms with Crippen molar-refractivity contribution in [1.29, 1.82) is 0 Å². The second kappa shape index (κ2) is 17.0. The molecule has 0 fully saturated rings. The number of fused-ring (bicyclic) bond motifs is 4. The summed E-state index contributed by atoms with van der Waals surface area (Å²) in [6.45, 7) is 32.9. The molecule has 0 spiro atoms. The number of hydrogen-bond donors (Lipinski definition) is 0. The van der Waals surface area contributed by atoms with E-state index in [4.69, 9.17) is 0 Å². The van der Waals surface area contributed by atoms with Crippen molar-refractivity contribution >= 4 is 74.3 Å². The Morgan fingerprint density at radius 2 is 0.800 bits per heavy atom. The molecule has 352 valence electrons. The standard InChI is InChI=1S/C66H70BN3/c1-43-34-39-55(44(2)40-43)68(47-37-35-46(36-38-47)45-24-16-15-17-25-45)48-41-58-60-59(42-48)70(57-33-21-19-27-50(57)64(6,7)8)62-52(66(12,13)14)29-23-31-54(62)67(60)53-30-22-28-51(65(9,10)11)61(53)69(58)56-32-20-18-26-49(56)63(3,4)5/h15-42H,1-14H3. The lowest BCUT2D eigenvalue weighted by Gasteiger charge is -2.48. The van der Waals surface area contributed by atoms with Gasteiger partial charge in [0.15, 0.2) is 0 Å². The Hall–Kier alpha value is -6.78. The minimum atomic E-state index is -0.161. The Kier molecular flexibility index (Phi) is 11.4. The van der Waals surface area contributed by atoms with E-state index < -0.39 is 0 Å². The molecule has 4 heteroatoms. The van der Waals surface area contributed by atoms with Crippen LogP contribution in [0.25, 0.3) is 11.1 Å². The highest BCUT2D eigenvalue weighted by molar-refractivity contribution is 7.00. The lowest BCUT2D eigenvalue weighted by atomic mass is 9.33. The number of rotatable bonds is 6. The van der Waals surface area contributed by atoms with Crippen molar-refractivity contribution in [2.75, 3.05) is 14.7 Å². The molecule has 0 amide bonds. The van der Waals surface area contributed by atoms with Gasteiger partial charge in [0.2, 0.25) is 0 Å². The number of anilines is 9. The van der Waals surface area contributed by atoms with Gasteiger partial charge >= 0.3 is 0 Å². The van der Waals surface area contributed by atoms with Gasteiger partial charge in [-0.1, -0.05) is 216 Å². The smallest absolute Gasteiger partial charge is 0.252 e. The van der Waals surface area contributed by atoms with Gasteiger partial charge in [0.1, 0.15) is 0 Å². The first-order chi connectivity index (χ1) is 33.1. The lowest BCUT2D eigenvalue weighted by Crippen LogP contribution is -2.62.